The highest BCUT2D eigenvalue weighted by Gasteiger charge is 2.48. The van der Waals surface area contributed by atoms with E-state index in [1.54, 1.807) is 6.07 Å². The van der Waals surface area contributed by atoms with Crippen LogP contribution in [0.15, 0.2) is 17.2 Å². The average Bonchev–Trinajstić information content (AvgIpc) is 3.10. The first kappa shape index (κ1) is 21.6. The molecule has 1 aliphatic carbocycles. The van der Waals surface area contributed by atoms with Gasteiger partial charge in [0.2, 0.25) is 10.0 Å². The van der Waals surface area contributed by atoms with E-state index in [9.17, 15) is 17.2 Å². The van der Waals surface area contributed by atoms with Crippen molar-refractivity contribution in [2.75, 3.05) is 31.1 Å². The first-order valence-corrected chi connectivity index (χ1v) is 13.1. The average molecular weight is 516 g/mol. The van der Waals surface area contributed by atoms with Gasteiger partial charge in [-0.1, -0.05) is 22.9 Å². The summed E-state index contributed by atoms with van der Waals surface area (Å²) in [5.74, 6) is 0.177. The molecule has 3 aliphatic rings. The largest absolute Gasteiger partial charge is 0.368 e. The Morgan fingerprint density at radius 3 is 2.58 bits per heavy atom. The summed E-state index contributed by atoms with van der Waals surface area (Å²) in [5, 5.41) is 10.5. The number of halogens is 3. The standard InChI is InChI=1S/C19H20ClF2N7O2S2/c1-18(2-3-18)27-33(30,31)10-4-11(28-8-19(9-28)6-23-7-19)12-13(20)24-15(29(12)5-10)17-26-25-16(32-17)14(21)22/h4-5,14,23,27H,2-3,6-9H2,1H3. The SMILES string of the molecule is CC1(NS(=O)(=O)c2cc(N3CC4(CNC4)C3)c3c(Cl)nc(-c4nnc(C(F)F)s4)n3c2)CC1. The molecule has 1 saturated carbocycles. The van der Waals surface area contributed by atoms with E-state index in [4.69, 9.17) is 11.6 Å². The van der Waals surface area contributed by atoms with Gasteiger partial charge in [0.15, 0.2) is 21.0 Å². The number of aromatic nitrogens is 4. The summed E-state index contributed by atoms with van der Waals surface area (Å²) in [6.45, 7) is 5.21. The fourth-order valence-corrected chi connectivity index (χ4v) is 6.82. The van der Waals surface area contributed by atoms with Crippen LogP contribution in [0.1, 0.15) is 31.2 Å². The van der Waals surface area contributed by atoms with Crippen LogP contribution in [0.2, 0.25) is 5.15 Å². The van der Waals surface area contributed by atoms with Crippen LogP contribution in [0.3, 0.4) is 0 Å². The third-order valence-corrected chi connectivity index (χ3v) is 9.34. The van der Waals surface area contributed by atoms with Gasteiger partial charge < -0.3 is 10.2 Å². The van der Waals surface area contributed by atoms with Crippen LogP contribution in [0.5, 0.6) is 0 Å². The van der Waals surface area contributed by atoms with Gasteiger partial charge in [-0.2, -0.15) is 0 Å². The van der Waals surface area contributed by atoms with Gasteiger partial charge in [0.05, 0.1) is 5.69 Å². The van der Waals surface area contributed by atoms with Gasteiger partial charge in [0.1, 0.15) is 10.4 Å². The summed E-state index contributed by atoms with van der Waals surface area (Å²) < 4.78 is 56.9. The normalized spacial score (nSPS) is 20.9. The Labute approximate surface area is 197 Å². The minimum Gasteiger partial charge on any atom is -0.368 e. The summed E-state index contributed by atoms with van der Waals surface area (Å²) in [7, 11) is -3.84. The predicted molar refractivity (Wildman–Crippen MR) is 120 cm³/mol. The van der Waals surface area contributed by atoms with Crippen molar-refractivity contribution in [2.45, 2.75) is 36.6 Å². The summed E-state index contributed by atoms with van der Waals surface area (Å²) in [5.41, 5.74) is 0.886. The van der Waals surface area contributed by atoms with Crippen molar-refractivity contribution in [3.8, 4) is 10.8 Å². The molecule has 176 valence electrons. The van der Waals surface area contributed by atoms with Gasteiger partial charge in [-0.05, 0) is 25.8 Å². The summed E-state index contributed by atoms with van der Waals surface area (Å²) >= 11 is 7.20. The molecule has 0 unspecified atom stereocenters. The quantitative estimate of drug-likeness (QED) is 0.520. The summed E-state index contributed by atoms with van der Waals surface area (Å²) in [6.07, 6.45) is 0.199. The van der Waals surface area contributed by atoms with E-state index in [0.29, 0.717) is 22.5 Å². The lowest BCUT2D eigenvalue weighted by molar-refractivity contribution is 0.121. The van der Waals surface area contributed by atoms with Gasteiger partial charge in [0, 0.05) is 43.3 Å². The van der Waals surface area contributed by atoms with Crippen LogP contribution >= 0.6 is 22.9 Å². The fraction of sp³-hybridized carbons (Fsp3) is 0.526. The Kier molecular flexibility index (Phi) is 4.61. The van der Waals surface area contributed by atoms with Gasteiger partial charge in [-0.3, -0.25) is 4.40 Å². The zero-order valence-electron chi connectivity index (χ0n) is 17.5. The number of fused-ring (bicyclic) bond motifs is 1. The van der Waals surface area contributed by atoms with Crippen LogP contribution in [-0.2, 0) is 10.0 Å². The summed E-state index contributed by atoms with van der Waals surface area (Å²) in [6, 6.07) is 1.62. The molecule has 5 heterocycles. The number of hydrogen-bond donors (Lipinski definition) is 2. The summed E-state index contributed by atoms with van der Waals surface area (Å²) in [4.78, 5) is 6.49. The zero-order valence-corrected chi connectivity index (χ0v) is 19.9. The van der Waals surface area contributed by atoms with E-state index in [-0.39, 0.29) is 26.3 Å². The minimum atomic E-state index is -3.84. The van der Waals surface area contributed by atoms with Crippen LogP contribution in [0, 0.1) is 5.41 Å². The van der Waals surface area contributed by atoms with E-state index in [1.165, 1.54) is 10.6 Å². The molecule has 2 N–H and O–H groups in total. The van der Waals surface area contributed by atoms with Crippen molar-refractivity contribution < 1.29 is 17.2 Å². The van der Waals surface area contributed by atoms with E-state index in [2.05, 4.69) is 30.1 Å². The highest BCUT2D eigenvalue weighted by Crippen LogP contribution is 2.43. The molecule has 0 bridgehead atoms. The van der Waals surface area contributed by atoms with Crippen molar-refractivity contribution in [3.05, 3.63) is 22.4 Å². The minimum absolute atomic E-state index is 0.0553. The van der Waals surface area contributed by atoms with Gasteiger partial charge >= 0.3 is 0 Å². The molecule has 0 amide bonds. The molecule has 0 radical (unpaired) electrons. The van der Waals surface area contributed by atoms with Crippen LogP contribution in [-0.4, -0.2) is 59.7 Å². The second kappa shape index (κ2) is 7.04. The van der Waals surface area contributed by atoms with Crippen LogP contribution < -0.4 is 14.9 Å². The Bertz CT molecular complexity index is 1370. The van der Waals surface area contributed by atoms with Gasteiger partial charge in [0.25, 0.3) is 6.43 Å². The number of imidazole rings is 1. The van der Waals surface area contributed by atoms with Crippen molar-refractivity contribution in [3.63, 3.8) is 0 Å². The number of nitrogens with zero attached hydrogens (tertiary/aromatic N) is 5. The topological polar surface area (TPSA) is 105 Å². The highest BCUT2D eigenvalue weighted by atomic mass is 35.5. The van der Waals surface area contributed by atoms with E-state index in [0.717, 1.165) is 39.0 Å². The zero-order chi connectivity index (χ0) is 23.2. The molecule has 9 nitrogen and oxygen atoms in total. The molecule has 3 aromatic rings. The maximum absolute atomic E-state index is 13.2. The molecule has 33 heavy (non-hydrogen) atoms. The van der Waals surface area contributed by atoms with Crippen molar-refractivity contribution in [2.24, 2.45) is 5.41 Å². The molecule has 2 saturated heterocycles. The maximum atomic E-state index is 13.2. The van der Waals surface area contributed by atoms with Crippen LogP contribution in [0.25, 0.3) is 16.3 Å². The third kappa shape index (κ3) is 3.52. The van der Waals surface area contributed by atoms with Crippen LogP contribution in [0.4, 0.5) is 14.5 Å². The molecule has 3 aromatic heterocycles. The lowest BCUT2D eigenvalue weighted by Crippen LogP contribution is -2.71. The second-order valence-electron chi connectivity index (χ2n) is 9.38. The number of alkyl halides is 2. The maximum Gasteiger partial charge on any atom is 0.291 e. The van der Waals surface area contributed by atoms with Crippen molar-refractivity contribution in [1.29, 1.82) is 0 Å². The molecule has 0 aromatic carbocycles. The predicted octanol–water partition coefficient (Wildman–Crippen LogP) is 2.68. The Balaban J connectivity index is 1.50. The molecule has 1 spiro atoms. The third-order valence-electron chi connectivity index (χ3n) is 6.55. The molecular weight excluding hydrogens is 496 g/mol. The fourth-order valence-electron chi connectivity index (χ4n) is 4.39. The number of pyridine rings is 1. The Morgan fingerprint density at radius 2 is 2.00 bits per heavy atom. The van der Waals surface area contributed by atoms with Crippen molar-refractivity contribution >= 4 is 44.2 Å². The Hall–Kier alpha value is -1.93. The number of rotatable bonds is 6. The highest BCUT2D eigenvalue weighted by molar-refractivity contribution is 7.89. The lowest BCUT2D eigenvalue weighted by Gasteiger charge is -2.57. The number of hydrogen-bond acceptors (Lipinski definition) is 8. The van der Waals surface area contributed by atoms with Gasteiger partial charge in [-0.25, -0.2) is 26.9 Å². The van der Waals surface area contributed by atoms with Gasteiger partial charge in [-0.15, -0.1) is 10.2 Å². The molecular formula is C19H20ClF2N7O2S2. The van der Waals surface area contributed by atoms with E-state index in [1.807, 2.05) is 6.92 Å². The lowest BCUT2D eigenvalue weighted by atomic mass is 9.74. The molecule has 0 atom stereocenters. The molecule has 6 rings (SSSR count). The van der Waals surface area contributed by atoms with E-state index >= 15 is 0 Å². The molecule has 2 aliphatic heterocycles. The second-order valence-corrected chi connectivity index (χ2v) is 12.4. The molecule has 3 fully saturated rings. The smallest absolute Gasteiger partial charge is 0.291 e. The first-order chi connectivity index (χ1) is 15.6. The first-order valence-electron chi connectivity index (χ1n) is 10.4. The van der Waals surface area contributed by atoms with E-state index < -0.39 is 27.0 Å². The number of sulfonamides is 1. The Morgan fingerprint density at radius 1 is 1.27 bits per heavy atom. The molecule has 14 heteroatoms. The number of nitrogens with one attached hydrogen (secondary N) is 2. The monoisotopic (exact) mass is 515 g/mol. The number of anilines is 1. The van der Waals surface area contributed by atoms with Crippen molar-refractivity contribution in [1.82, 2.24) is 29.6 Å².